The minimum atomic E-state index is 0.702. The van der Waals surface area contributed by atoms with Gasteiger partial charge in [0.2, 0.25) is 0 Å². The molecule has 1 atom stereocenters. The zero-order valence-corrected chi connectivity index (χ0v) is 12.8. The van der Waals surface area contributed by atoms with Crippen LogP contribution in [0.15, 0.2) is 0 Å². The van der Waals surface area contributed by atoms with Gasteiger partial charge in [0.15, 0.2) is 0 Å². The van der Waals surface area contributed by atoms with Gasteiger partial charge >= 0.3 is 0 Å². The number of hydrogen-bond donors (Lipinski definition) is 0. The maximum absolute atomic E-state index is 2.65. The van der Waals surface area contributed by atoms with E-state index >= 15 is 0 Å². The third kappa shape index (κ3) is 7.77. The van der Waals surface area contributed by atoms with Crippen molar-refractivity contribution in [3.05, 3.63) is 0 Å². The van der Waals surface area contributed by atoms with Crippen LogP contribution in [0.2, 0.25) is 0 Å². The predicted octanol–water partition coefficient (Wildman–Crippen LogP) is 3.62. The van der Waals surface area contributed by atoms with Gasteiger partial charge in [-0.3, -0.25) is 4.90 Å². The van der Waals surface area contributed by atoms with Gasteiger partial charge in [-0.25, -0.2) is 0 Å². The van der Waals surface area contributed by atoms with Gasteiger partial charge in [-0.15, -0.1) is 0 Å². The molecule has 0 N–H and O–H groups in total. The third-order valence-corrected chi connectivity index (χ3v) is 3.25. The van der Waals surface area contributed by atoms with Crippen LogP contribution >= 0.6 is 0 Å². The van der Waals surface area contributed by atoms with Gasteiger partial charge in [0.1, 0.15) is 0 Å². The fourth-order valence-electron chi connectivity index (χ4n) is 2.54. The molecule has 0 fully saturated rings. The summed E-state index contributed by atoms with van der Waals surface area (Å²) in [6, 6.07) is 0.702. The summed E-state index contributed by atoms with van der Waals surface area (Å²) in [5, 5.41) is 0. The van der Waals surface area contributed by atoms with E-state index in [1.54, 1.807) is 0 Å². The fourth-order valence-corrected chi connectivity index (χ4v) is 2.54. The first-order valence-electron chi connectivity index (χ1n) is 7.65. The van der Waals surface area contributed by atoms with E-state index in [1.165, 1.54) is 58.4 Å². The molecule has 0 radical (unpaired) electrons. The van der Waals surface area contributed by atoms with Crippen molar-refractivity contribution in [2.45, 2.75) is 66.3 Å². The van der Waals surface area contributed by atoms with Gasteiger partial charge in [-0.2, -0.15) is 0 Å². The lowest BCUT2D eigenvalue weighted by Gasteiger charge is -2.33. The van der Waals surface area contributed by atoms with Crippen LogP contribution in [0.5, 0.6) is 0 Å². The predicted molar refractivity (Wildman–Crippen MR) is 78.6 cm³/mol. The molecule has 0 aromatic heterocycles. The zero-order chi connectivity index (χ0) is 13.1. The molecule has 2 heteroatoms. The second-order valence-electron chi connectivity index (χ2n) is 5.19. The van der Waals surface area contributed by atoms with Crippen LogP contribution in [-0.4, -0.2) is 48.6 Å². The monoisotopic (exact) mass is 242 g/mol. The van der Waals surface area contributed by atoms with E-state index in [-0.39, 0.29) is 0 Å². The molecule has 0 rings (SSSR count). The summed E-state index contributed by atoms with van der Waals surface area (Å²) in [4.78, 5) is 5.28. The summed E-state index contributed by atoms with van der Waals surface area (Å²) in [6.07, 6.45) is 5.08. The standard InChI is InChI=1S/C15H34N2/c1-6-10-16(11-7-2)14-15(5)17(12-8-3)13-9-4/h15H,6-14H2,1-5H3. The highest BCUT2D eigenvalue weighted by molar-refractivity contribution is 4.71. The van der Waals surface area contributed by atoms with Crippen LogP contribution < -0.4 is 0 Å². The summed E-state index contributed by atoms with van der Waals surface area (Å²) in [7, 11) is 0. The van der Waals surface area contributed by atoms with Crippen molar-refractivity contribution in [3.8, 4) is 0 Å². The largest absolute Gasteiger partial charge is 0.302 e. The molecular weight excluding hydrogens is 208 g/mol. The van der Waals surface area contributed by atoms with Gasteiger partial charge < -0.3 is 4.90 Å². The molecule has 2 nitrogen and oxygen atoms in total. The minimum Gasteiger partial charge on any atom is -0.302 e. The molecule has 0 amide bonds. The lowest BCUT2D eigenvalue weighted by atomic mass is 10.2. The van der Waals surface area contributed by atoms with Crippen LogP contribution in [0, 0.1) is 0 Å². The summed E-state index contributed by atoms with van der Waals surface area (Å²) in [6.45, 7) is 17.8. The second kappa shape index (κ2) is 11.0. The summed E-state index contributed by atoms with van der Waals surface area (Å²) < 4.78 is 0. The van der Waals surface area contributed by atoms with Crippen LogP contribution in [0.25, 0.3) is 0 Å². The first-order chi connectivity index (χ1) is 8.19. The average molecular weight is 242 g/mol. The van der Waals surface area contributed by atoms with Gasteiger partial charge in [-0.1, -0.05) is 27.7 Å². The van der Waals surface area contributed by atoms with Crippen LogP contribution in [0.4, 0.5) is 0 Å². The molecule has 104 valence electrons. The van der Waals surface area contributed by atoms with E-state index in [0.717, 1.165) is 0 Å². The lowest BCUT2D eigenvalue weighted by molar-refractivity contribution is 0.147. The summed E-state index contributed by atoms with van der Waals surface area (Å²) in [5.74, 6) is 0. The molecule has 17 heavy (non-hydrogen) atoms. The summed E-state index contributed by atoms with van der Waals surface area (Å²) in [5.41, 5.74) is 0. The van der Waals surface area contributed by atoms with Crippen molar-refractivity contribution in [1.82, 2.24) is 9.80 Å². The van der Waals surface area contributed by atoms with Crippen LogP contribution in [-0.2, 0) is 0 Å². The van der Waals surface area contributed by atoms with E-state index < -0.39 is 0 Å². The molecule has 0 aliphatic rings. The van der Waals surface area contributed by atoms with Crippen LogP contribution in [0.1, 0.15) is 60.3 Å². The highest BCUT2D eigenvalue weighted by Gasteiger charge is 2.15. The van der Waals surface area contributed by atoms with Crippen molar-refractivity contribution in [2.75, 3.05) is 32.7 Å². The average Bonchev–Trinajstić information content (AvgIpc) is 2.29. The van der Waals surface area contributed by atoms with E-state index in [4.69, 9.17) is 0 Å². The number of rotatable bonds is 11. The van der Waals surface area contributed by atoms with Crippen molar-refractivity contribution in [2.24, 2.45) is 0 Å². The highest BCUT2D eigenvalue weighted by atomic mass is 15.2. The van der Waals surface area contributed by atoms with Gasteiger partial charge in [0.25, 0.3) is 0 Å². The Hall–Kier alpha value is -0.0800. The van der Waals surface area contributed by atoms with Crippen molar-refractivity contribution < 1.29 is 0 Å². The van der Waals surface area contributed by atoms with E-state index in [2.05, 4.69) is 44.4 Å². The van der Waals surface area contributed by atoms with E-state index in [9.17, 15) is 0 Å². The smallest absolute Gasteiger partial charge is 0.0194 e. The molecule has 0 aliphatic carbocycles. The third-order valence-electron chi connectivity index (χ3n) is 3.25. The maximum atomic E-state index is 2.65. The number of hydrogen-bond acceptors (Lipinski definition) is 2. The van der Waals surface area contributed by atoms with Crippen molar-refractivity contribution in [1.29, 1.82) is 0 Å². The Balaban J connectivity index is 4.16. The Bertz CT molecular complexity index is 147. The molecule has 0 aromatic carbocycles. The van der Waals surface area contributed by atoms with Gasteiger partial charge in [0, 0.05) is 12.6 Å². The van der Waals surface area contributed by atoms with Gasteiger partial charge in [0.05, 0.1) is 0 Å². The molecule has 1 unspecified atom stereocenters. The molecular formula is C15H34N2. The quantitative estimate of drug-likeness (QED) is 0.546. The topological polar surface area (TPSA) is 6.48 Å². The normalized spacial score (nSPS) is 13.6. The molecule has 0 spiro atoms. The Morgan fingerprint density at radius 2 is 1.12 bits per heavy atom. The molecule has 0 saturated carbocycles. The first kappa shape index (κ1) is 16.9. The molecule has 0 aromatic rings. The zero-order valence-electron chi connectivity index (χ0n) is 12.8. The van der Waals surface area contributed by atoms with Gasteiger partial charge in [-0.05, 0) is 58.8 Å². The second-order valence-corrected chi connectivity index (χ2v) is 5.19. The Kier molecular flexibility index (Phi) is 11.0. The lowest BCUT2D eigenvalue weighted by Crippen LogP contribution is -2.43. The highest BCUT2D eigenvalue weighted by Crippen LogP contribution is 2.06. The summed E-state index contributed by atoms with van der Waals surface area (Å²) >= 11 is 0. The first-order valence-corrected chi connectivity index (χ1v) is 7.65. The SMILES string of the molecule is CCCN(CCC)CC(C)N(CCC)CCC. The molecule has 0 bridgehead atoms. The Morgan fingerprint density at radius 3 is 1.47 bits per heavy atom. The fraction of sp³-hybridized carbons (Fsp3) is 1.00. The minimum absolute atomic E-state index is 0.702. The van der Waals surface area contributed by atoms with Crippen LogP contribution in [0.3, 0.4) is 0 Å². The molecule has 0 aliphatic heterocycles. The van der Waals surface area contributed by atoms with E-state index in [0.29, 0.717) is 6.04 Å². The Morgan fingerprint density at radius 1 is 0.706 bits per heavy atom. The van der Waals surface area contributed by atoms with Crippen molar-refractivity contribution in [3.63, 3.8) is 0 Å². The van der Waals surface area contributed by atoms with E-state index in [1.807, 2.05) is 0 Å². The number of nitrogens with zero attached hydrogens (tertiary/aromatic N) is 2. The maximum Gasteiger partial charge on any atom is 0.0194 e. The molecule has 0 saturated heterocycles. The molecule has 0 heterocycles. The Labute approximate surface area is 109 Å². The van der Waals surface area contributed by atoms with Crippen molar-refractivity contribution >= 4 is 0 Å².